The summed E-state index contributed by atoms with van der Waals surface area (Å²) < 4.78 is 7.08. The van der Waals surface area contributed by atoms with E-state index in [1.54, 1.807) is 18.3 Å². The number of hydrogen-bond donors (Lipinski definition) is 1. The molecule has 2 aromatic heterocycles. The first kappa shape index (κ1) is 27.2. The van der Waals surface area contributed by atoms with Crippen LogP contribution >= 0.6 is 0 Å². The number of anilines is 2. The Bertz CT molecular complexity index is 1470. The maximum absolute atomic E-state index is 13.5. The molecule has 1 saturated heterocycles. The number of nitrogens with one attached hydrogen (secondary N) is 1. The summed E-state index contributed by atoms with van der Waals surface area (Å²) >= 11 is 0. The second-order valence-electron chi connectivity index (χ2n) is 12.0. The van der Waals surface area contributed by atoms with E-state index in [0.29, 0.717) is 22.7 Å². The molecule has 0 amide bonds. The zero-order chi connectivity index (χ0) is 27.8. The quantitative estimate of drug-likeness (QED) is 0.440. The highest BCUT2D eigenvalue weighted by atomic mass is 16.6. The van der Waals surface area contributed by atoms with Crippen LogP contribution in [0.25, 0.3) is 5.65 Å². The summed E-state index contributed by atoms with van der Waals surface area (Å²) in [7, 11) is 0. The highest BCUT2D eigenvalue weighted by Crippen LogP contribution is 2.33. The first-order valence-electron chi connectivity index (χ1n) is 13.1. The van der Waals surface area contributed by atoms with Gasteiger partial charge < -0.3 is 15.0 Å². The third kappa shape index (κ3) is 5.67. The van der Waals surface area contributed by atoms with Crippen molar-refractivity contribution in [3.8, 4) is 6.07 Å². The van der Waals surface area contributed by atoms with Gasteiger partial charge in [0.2, 0.25) is 0 Å². The largest absolute Gasteiger partial charge is 0.456 e. The molecule has 0 spiro atoms. The van der Waals surface area contributed by atoms with E-state index in [-0.39, 0.29) is 22.6 Å². The van der Waals surface area contributed by atoms with Crippen molar-refractivity contribution in [1.82, 2.24) is 9.38 Å². The summed E-state index contributed by atoms with van der Waals surface area (Å²) in [6.07, 6.45) is 3.64. The summed E-state index contributed by atoms with van der Waals surface area (Å²) in [5.41, 5.74) is 2.51. The Labute approximate surface area is 224 Å². The lowest BCUT2D eigenvalue weighted by molar-refractivity contribution is 0.00706. The van der Waals surface area contributed by atoms with Crippen molar-refractivity contribution < 1.29 is 9.53 Å². The molecular weight excluding hydrogens is 478 g/mol. The monoisotopic (exact) mass is 515 g/mol. The maximum Gasteiger partial charge on any atom is 0.340 e. The van der Waals surface area contributed by atoms with Gasteiger partial charge in [-0.25, -0.2) is 9.78 Å². The molecule has 1 fully saturated rings. The second-order valence-corrected chi connectivity index (χ2v) is 12.0. The van der Waals surface area contributed by atoms with Gasteiger partial charge in [-0.1, -0.05) is 26.0 Å². The zero-order valence-corrected chi connectivity index (χ0v) is 23.4. The van der Waals surface area contributed by atoms with Gasteiger partial charge in [0.25, 0.3) is 5.56 Å². The summed E-state index contributed by atoms with van der Waals surface area (Å²) in [4.78, 5) is 33.4. The Hall–Kier alpha value is -3.86. The second kappa shape index (κ2) is 10.1. The molecule has 0 aliphatic carbocycles. The van der Waals surface area contributed by atoms with E-state index in [4.69, 9.17) is 9.72 Å². The van der Waals surface area contributed by atoms with Crippen LogP contribution in [0.2, 0.25) is 0 Å². The number of carbonyl (C=O) groups excluding carboxylic acids is 1. The minimum absolute atomic E-state index is 0.0645. The molecule has 200 valence electrons. The van der Waals surface area contributed by atoms with Crippen molar-refractivity contribution >= 4 is 23.1 Å². The van der Waals surface area contributed by atoms with Crippen molar-refractivity contribution in [1.29, 1.82) is 5.26 Å². The van der Waals surface area contributed by atoms with Crippen LogP contribution in [0.5, 0.6) is 0 Å². The van der Waals surface area contributed by atoms with Gasteiger partial charge in [0.05, 0.1) is 11.6 Å². The number of para-hydroxylation sites is 1. The fourth-order valence-electron chi connectivity index (χ4n) is 4.80. The SMILES string of the molecule is Cc1cc([C@@H](C)Nc2ccccc2C(=O)OC(C)(C)C)c2nc(N3CCC(C)(C)CC3)c(C#N)c(=O)n2c1. The number of pyridine rings is 1. The summed E-state index contributed by atoms with van der Waals surface area (Å²) in [5.74, 6) is 0.0321. The maximum atomic E-state index is 13.5. The highest BCUT2D eigenvalue weighted by molar-refractivity contribution is 5.96. The predicted molar refractivity (Wildman–Crippen MR) is 150 cm³/mol. The average Bonchev–Trinajstić information content (AvgIpc) is 2.83. The Kier molecular flexibility index (Phi) is 7.24. The Morgan fingerprint density at radius 3 is 2.50 bits per heavy atom. The molecule has 1 aromatic carbocycles. The number of fused-ring (bicyclic) bond motifs is 1. The Morgan fingerprint density at radius 1 is 1.21 bits per heavy atom. The minimum Gasteiger partial charge on any atom is -0.456 e. The molecule has 4 rings (SSSR count). The van der Waals surface area contributed by atoms with Crippen LogP contribution in [-0.2, 0) is 4.74 Å². The van der Waals surface area contributed by atoms with Gasteiger partial charge in [0.15, 0.2) is 11.4 Å². The number of rotatable bonds is 5. The highest BCUT2D eigenvalue weighted by Gasteiger charge is 2.29. The van der Waals surface area contributed by atoms with Gasteiger partial charge in [0, 0.05) is 30.5 Å². The van der Waals surface area contributed by atoms with Crippen LogP contribution in [-0.4, -0.2) is 34.0 Å². The first-order valence-corrected chi connectivity index (χ1v) is 13.1. The molecule has 0 bridgehead atoms. The van der Waals surface area contributed by atoms with Crippen molar-refractivity contribution in [2.75, 3.05) is 23.3 Å². The van der Waals surface area contributed by atoms with Crippen LogP contribution in [0.4, 0.5) is 11.5 Å². The predicted octanol–water partition coefficient (Wildman–Crippen LogP) is 5.63. The van der Waals surface area contributed by atoms with Crippen molar-refractivity contribution in [3.63, 3.8) is 0 Å². The van der Waals surface area contributed by atoms with Crippen LogP contribution in [0.15, 0.2) is 41.3 Å². The zero-order valence-electron chi connectivity index (χ0n) is 23.4. The number of nitrogens with zero attached hydrogens (tertiary/aromatic N) is 4. The summed E-state index contributed by atoms with van der Waals surface area (Å²) in [6, 6.07) is 11.0. The normalized spacial score (nSPS) is 16.1. The molecule has 0 radical (unpaired) electrons. The molecule has 3 heterocycles. The molecule has 0 saturated carbocycles. The third-order valence-corrected chi connectivity index (χ3v) is 6.98. The lowest BCUT2D eigenvalue weighted by atomic mass is 9.82. The Balaban J connectivity index is 1.78. The minimum atomic E-state index is -0.619. The van der Waals surface area contributed by atoms with E-state index in [2.05, 4.69) is 30.1 Å². The lowest BCUT2D eigenvalue weighted by Crippen LogP contribution is -2.39. The van der Waals surface area contributed by atoms with E-state index >= 15 is 0 Å². The van der Waals surface area contributed by atoms with Crippen LogP contribution < -0.4 is 15.8 Å². The molecule has 1 atom stereocenters. The molecule has 38 heavy (non-hydrogen) atoms. The van der Waals surface area contributed by atoms with Crippen molar-refractivity contribution in [2.45, 2.75) is 73.0 Å². The smallest absolute Gasteiger partial charge is 0.340 e. The van der Waals surface area contributed by atoms with E-state index in [1.807, 2.05) is 52.8 Å². The van der Waals surface area contributed by atoms with E-state index in [0.717, 1.165) is 37.1 Å². The third-order valence-electron chi connectivity index (χ3n) is 6.98. The molecule has 0 unspecified atom stereocenters. The van der Waals surface area contributed by atoms with E-state index in [9.17, 15) is 14.9 Å². The standard InChI is InChI=1S/C30H37N5O3/c1-19-16-22(20(2)32-24-11-9-8-10-21(24)28(37)38-29(3,4)5)26-33-25(23(17-31)27(36)35(26)18-19)34-14-12-30(6,7)13-15-34/h8-11,16,18,20,32H,12-15H2,1-7H3/t20-/m1/s1. The number of aromatic nitrogens is 2. The molecule has 8 heteroatoms. The van der Waals surface area contributed by atoms with E-state index in [1.165, 1.54) is 4.40 Å². The number of aryl methyl sites for hydroxylation is 1. The number of ether oxygens (including phenoxy) is 1. The summed E-state index contributed by atoms with van der Waals surface area (Å²) in [5, 5.41) is 13.3. The molecule has 1 aliphatic heterocycles. The molecule has 8 nitrogen and oxygen atoms in total. The number of nitriles is 1. The van der Waals surface area contributed by atoms with Gasteiger partial charge in [-0.3, -0.25) is 9.20 Å². The lowest BCUT2D eigenvalue weighted by Gasteiger charge is -2.37. The van der Waals surface area contributed by atoms with Crippen LogP contribution in [0.1, 0.15) is 87.5 Å². The fourth-order valence-corrected chi connectivity index (χ4v) is 4.80. The first-order chi connectivity index (χ1) is 17.8. The Morgan fingerprint density at radius 2 is 1.87 bits per heavy atom. The summed E-state index contributed by atoms with van der Waals surface area (Å²) in [6.45, 7) is 15.3. The van der Waals surface area contributed by atoms with Gasteiger partial charge >= 0.3 is 5.97 Å². The number of piperidine rings is 1. The van der Waals surface area contributed by atoms with E-state index < -0.39 is 11.6 Å². The van der Waals surface area contributed by atoms with Crippen molar-refractivity contribution in [2.24, 2.45) is 5.41 Å². The molecular formula is C30H37N5O3. The molecule has 1 N–H and O–H groups in total. The van der Waals surface area contributed by atoms with Gasteiger partial charge in [-0.15, -0.1) is 0 Å². The van der Waals surface area contributed by atoms with Crippen LogP contribution in [0, 0.1) is 23.7 Å². The number of benzene rings is 1. The average molecular weight is 516 g/mol. The van der Waals surface area contributed by atoms with Gasteiger partial charge in [-0.05, 0) is 76.6 Å². The molecule has 3 aromatic rings. The van der Waals surface area contributed by atoms with Gasteiger partial charge in [0.1, 0.15) is 17.3 Å². The number of carbonyl (C=O) groups is 1. The van der Waals surface area contributed by atoms with Crippen LogP contribution in [0.3, 0.4) is 0 Å². The topological polar surface area (TPSA) is 99.7 Å². The van der Waals surface area contributed by atoms with Crippen molar-refractivity contribution in [3.05, 3.63) is 69.1 Å². The molecule has 1 aliphatic rings. The fraction of sp³-hybridized carbons (Fsp3) is 0.467. The number of hydrogen-bond acceptors (Lipinski definition) is 7. The van der Waals surface area contributed by atoms with Gasteiger partial charge in [-0.2, -0.15) is 5.26 Å². The number of esters is 1.